The number of fused-ring (bicyclic) bond motifs is 1. The number of rotatable bonds is 7. The number of hydrogen-bond donors (Lipinski definition) is 0. The molecule has 10 heteroatoms. The molecule has 0 fully saturated rings. The smallest absolute Gasteiger partial charge is 0.268 e. The lowest BCUT2D eigenvalue weighted by Gasteiger charge is -2.24. The van der Waals surface area contributed by atoms with Crippen molar-refractivity contribution < 1.29 is 21.6 Å². The van der Waals surface area contributed by atoms with Crippen LogP contribution in [0, 0.1) is 13.8 Å². The molecule has 0 bridgehead atoms. The molecular weight excluding hydrogens is 588 g/mol. The molecule has 0 amide bonds. The summed E-state index contributed by atoms with van der Waals surface area (Å²) in [6.07, 6.45) is 4.04. The van der Waals surface area contributed by atoms with Crippen LogP contribution in [0.4, 0.5) is 0 Å². The number of hydrogen-bond acceptors (Lipinski definition) is 5. The maximum Gasteiger partial charge on any atom is 0.268 e. The van der Waals surface area contributed by atoms with Crippen LogP contribution in [0.25, 0.3) is 10.9 Å². The van der Waals surface area contributed by atoms with E-state index in [1.807, 2.05) is 19.9 Å². The van der Waals surface area contributed by atoms with Gasteiger partial charge in [-0.2, -0.15) is 4.31 Å². The first-order valence-electron chi connectivity index (χ1n) is 11.9. The summed E-state index contributed by atoms with van der Waals surface area (Å²) in [6.45, 7) is 3.71. The molecule has 0 spiro atoms. The molecule has 1 aromatic heterocycles. The van der Waals surface area contributed by atoms with Gasteiger partial charge in [0.15, 0.2) is 0 Å². The van der Waals surface area contributed by atoms with E-state index in [-0.39, 0.29) is 22.8 Å². The lowest BCUT2D eigenvalue weighted by molar-refractivity contribution is -0.104. The Kier molecular flexibility index (Phi) is 6.93. The summed E-state index contributed by atoms with van der Waals surface area (Å²) in [5.41, 5.74) is 3.35. The summed E-state index contributed by atoms with van der Waals surface area (Å²) in [4.78, 5) is 12.0. The van der Waals surface area contributed by atoms with E-state index in [9.17, 15) is 21.6 Å². The number of nitrogens with zero attached hydrogens (tertiary/aromatic N) is 2. The monoisotopic (exact) mass is 612 g/mol. The predicted octanol–water partition coefficient (Wildman–Crippen LogP) is 5.00. The number of halogens is 1. The van der Waals surface area contributed by atoms with Gasteiger partial charge in [-0.1, -0.05) is 63.5 Å². The number of aryl methyl sites for hydroxylation is 2. The zero-order valence-electron chi connectivity index (χ0n) is 20.7. The number of carbonyl (C=O) groups is 1. The molecule has 196 valence electrons. The average molecular weight is 614 g/mol. The Morgan fingerprint density at radius 1 is 0.868 bits per heavy atom. The van der Waals surface area contributed by atoms with Gasteiger partial charge < -0.3 is 0 Å². The van der Waals surface area contributed by atoms with E-state index < -0.39 is 26.1 Å². The number of aldehydes is 1. The topological polar surface area (TPSA) is 93.5 Å². The summed E-state index contributed by atoms with van der Waals surface area (Å²) < 4.78 is 57.7. The summed E-state index contributed by atoms with van der Waals surface area (Å²) >= 11 is 3.56. The van der Waals surface area contributed by atoms with Crippen LogP contribution in [0.5, 0.6) is 0 Å². The number of sulfonamides is 1. The molecule has 1 unspecified atom stereocenters. The Balaban J connectivity index is 1.60. The van der Waals surface area contributed by atoms with Crippen LogP contribution >= 0.6 is 15.9 Å². The van der Waals surface area contributed by atoms with Crippen molar-refractivity contribution >= 4 is 53.2 Å². The summed E-state index contributed by atoms with van der Waals surface area (Å²) in [7, 11) is -7.84. The normalized spacial score (nSPS) is 16.6. The average Bonchev–Trinajstić information content (AvgIpc) is 3.48. The van der Waals surface area contributed by atoms with Crippen LogP contribution in [0.15, 0.2) is 98.8 Å². The van der Waals surface area contributed by atoms with E-state index in [2.05, 4.69) is 15.9 Å². The maximum atomic E-state index is 13.6. The minimum absolute atomic E-state index is 0.0497. The van der Waals surface area contributed by atoms with Crippen molar-refractivity contribution in [3.05, 3.63) is 106 Å². The van der Waals surface area contributed by atoms with E-state index in [1.54, 1.807) is 72.9 Å². The molecule has 2 heterocycles. The van der Waals surface area contributed by atoms with Gasteiger partial charge in [-0.25, -0.2) is 20.8 Å². The fourth-order valence-corrected chi connectivity index (χ4v) is 8.28. The van der Waals surface area contributed by atoms with Gasteiger partial charge in [-0.05, 0) is 62.2 Å². The third kappa shape index (κ3) is 4.66. The van der Waals surface area contributed by atoms with Gasteiger partial charge >= 0.3 is 0 Å². The van der Waals surface area contributed by atoms with E-state index in [0.717, 1.165) is 11.1 Å². The first kappa shape index (κ1) is 26.6. The third-order valence-electron chi connectivity index (χ3n) is 6.72. The Hall–Kier alpha value is -3.05. The SMILES string of the molecule is Cc1ccc(S(=O)(=O)N2CC(C=O)=CC2Cc2cn(S(=O)(=O)c3ccc(C)cc3)c3cccc(Br)c23)cc1. The first-order valence-corrected chi connectivity index (χ1v) is 15.5. The molecule has 1 aliphatic heterocycles. The number of carbonyl (C=O) groups excluding carboxylic acids is 1. The zero-order valence-corrected chi connectivity index (χ0v) is 23.9. The minimum Gasteiger partial charge on any atom is -0.298 e. The molecule has 0 saturated heterocycles. The second kappa shape index (κ2) is 9.92. The zero-order chi connectivity index (χ0) is 27.2. The highest BCUT2D eigenvalue weighted by Gasteiger charge is 2.36. The van der Waals surface area contributed by atoms with Crippen molar-refractivity contribution in [2.45, 2.75) is 36.1 Å². The van der Waals surface area contributed by atoms with Gasteiger partial charge in [0, 0.05) is 34.2 Å². The highest BCUT2D eigenvalue weighted by molar-refractivity contribution is 9.10. The molecule has 0 saturated carbocycles. The van der Waals surface area contributed by atoms with Gasteiger partial charge in [-0.15, -0.1) is 0 Å². The molecule has 0 aliphatic carbocycles. The fraction of sp³-hybridized carbons (Fsp3) is 0.179. The quantitative estimate of drug-likeness (QED) is 0.274. The van der Waals surface area contributed by atoms with Crippen molar-refractivity contribution in [2.75, 3.05) is 6.54 Å². The van der Waals surface area contributed by atoms with E-state index in [4.69, 9.17) is 0 Å². The van der Waals surface area contributed by atoms with Crippen molar-refractivity contribution in [2.24, 2.45) is 0 Å². The van der Waals surface area contributed by atoms with Crippen LogP contribution in [0.3, 0.4) is 0 Å². The Morgan fingerprint density at radius 2 is 1.45 bits per heavy atom. The van der Waals surface area contributed by atoms with Gasteiger partial charge in [0.1, 0.15) is 6.29 Å². The lowest BCUT2D eigenvalue weighted by atomic mass is 10.1. The molecule has 3 aromatic carbocycles. The molecule has 38 heavy (non-hydrogen) atoms. The Labute approximate surface area is 230 Å². The second-order valence-electron chi connectivity index (χ2n) is 9.40. The third-order valence-corrected chi connectivity index (χ3v) is 11.0. The van der Waals surface area contributed by atoms with Crippen molar-refractivity contribution in [1.82, 2.24) is 8.28 Å². The molecule has 0 N–H and O–H groups in total. The van der Waals surface area contributed by atoms with Crippen LogP contribution in [-0.2, 0) is 31.3 Å². The van der Waals surface area contributed by atoms with Crippen LogP contribution < -0.4 is 0 Å². The van der Waals surface area contributed by atoms with E-state index >= 15 is 0 Å². The molecule has 7 nitrogen and oxygen atoms in total. The summed E-state index contributed by atoms with van der Waals surface area (Å²) in [5, 5.41) is 0.670. The first-order chi connectivity index (χ1) is 18.0. The standard InChI is InChI=1S/C28H25BrN2O5S2/c1-19-6-10-24(11-7-19)37(33,34)30-16-21(18-32)14-23(30)15-22-17-31(27-5-3-4-26(29)28(22)27)38(35,36)25-12-8-20(2)9-13-25/h3-14,17-18,23H,15-16H2,1-2H3. The van der Waals surface area contributed by atoms with Gasteiger partial charge in [-0.3, -0.25) is 4.79 Å². The Morgan fingerprint density at radius 3 is 2.03 bits per heavy atom. The maximum absolute atomic E-state index is 13.6. The molecule has 1 atom stereocenters. The lowest BCUT2D eigenvalue weighted by Crippen LogP contribution is -2.37. The van der Waals surface area contributed by atoms with Crippen molar-refractivity contribution in [3.63, 3.8) is 0 Å². The highest BCUT2D eigenvalue weighted by atomic mass is 79.9. The fourth-order valence-electron chi connectivity index (χ4n) is 4.72. The number of benzene rings is 3. The van der Waals surface area contributed by atoms with Crippen LogP contribution in [0.2, 0.25) is 0 Å². The highest BCUT2D eigenvalue weighted by Crippen LogP contribution is 2.35. The second-order valence-corrected chi connectivity index (χ2v) is 14.0. The van der Waals surface area contributed by atoms with Crippen molar-refractivity contribution in [1.29, 1.82) is 0 Å². The molecule has 0 radical (unpaired) electrons. The van der Waals surface area contributed by atoms with Crippen LogP contribution in [-0.4, -0.2) is 44.0 Å². The summed E-state index contributed by atoms with van der Waals surface area (Å²) in [6, 6.07) is 17.8. The van der Waals surface area contributed by atoms with E-state index in [1.165, 1.54) is 8.28 Å². The van der Waals surface area contributed by atoms with Crippen molar-refractivity contribution in [3.8, 4) is 0 Å². The Bertz CT molecular complexity index is 1790. The number of aromatic nitrogens is 1. The van der Waals surface area contributed by atoms with Gasteiger partial charge in [0.25, 0.3) is 10.0 Å². The predicted molar refractivity (Wildman–Crippen MR) is 150 cm³/mol. The molecule has 4 aromatic rings. The largest absolute Gasteiger partial charge is 0.298 e. The molecule has 5 rings (SSSR count). The molecule has 1 aliphatic rings. The molecular formula is C28H25BrN2O5S2. The van der Waals surface area contributed by atoms with E-state index in [0.29, 0.717) is 32.8 Å². The summed E-state index contributed by atoms with van der Waals surface area (Å²) in [5.74, 6) is 0. The van der Waals surface area contributed by atoms with Gasteiger partial charge in [0.05, 0.1) is 15.3 Å². The van der Waals surface area contributed by atoms with Gasteiger partial charge in [0.2, 0.25) is 10.0 Å². The van der Waals surface area contributed by atoms with Crippen LogP contribution in [0.1, 0.15) is 16.7 Å². The minimum atomic E-state index is -3.92.